The second kappa shape index (κ2) is 7.45. The molecule has 0 aliphatic heterocycles. The van der Waals surface area contributed by atoms with E-state index in [1.807, 2.05) is 24.3 Å². The molecule has 0 aliphatic rings. The van der Waals surface area contributed by atoms with Gasteiger partial charge in [-0.25, -0.2) is 4.98 Å². The van der Waals surface area contributed by atoms with Gasteiger partial charge in [0.1, 0.15) is 11.6 Å². The van der Waals surface area contributed by atoms with Crippen LogP contribution in [0.5, 0.6) is 0 Å². The highest BCUT2D eigenvalue weighted by Crippen LogP contribution is 2.21. The number of nitrogens with zero attached hydrogens (tertiary/aromatic N) is 2. The molecule has 1 unspecified atom stereocenters. The van der Waals surface area contributed by atoms with Crippen LogP contribution in [0.3, 0.4) is 0 Å². The quantitative estimate of drug-likeness (QED) is 0.830. The van der Waals surface area contributed by atoms with Crippen LogP contribution >= 0.6 is 15.9 Å². The number of aromatic nitrogens is 1. The first-order valence-corrected chi connectivity index (χ1v) is 7.66. The Balaban J connectivity index is 2.06. The van der Waals surface area contributed by atoms with E-state index >= 15 is 0 Å². The molecule has 20 heavy (non-hydrogen) atoms. The minimum Gasteiger partial charge on any atom is -0.468 e. The monoisotopic (exact) mass is 337 g/mol. The highest BCUT2D eigenvalue weighted by molar-refractivity contribution is 9.10. The van der Waals surface area contributed by atoms with E-state index in [9.17, 15) is 0 Å². The number of likely N-dealkylation sites (N-methyl/N-ethyl adjacent to an activating group) is 1. The Morgan fingerprint density at radius 2 is 2.10 bits per heavy atom. The fourth-order valence-electron chi connectivity index (χ4n) is 2.24. The van der Waals surface area contributed by atoms with Gasteiger partial charge in [0.2, 0.25) is 0 Å². The number of furan rings is 1. The van der Waals surface area contributed by atoms with Crippen molar-refractivity contribution in [2.45, 2.75) is 19.9 Å². The molecule has 4 nitrogen and oxygen atoms in total. The summed E-state index contributed by atoms with van der Waals surface area (Å²) in [7, 11) is 0. The fraction of sp³-hybridized carbons (Fsp3) is 0.400. The molecule has 0 radical (unpaired) electrons. The van der Waals surface area contributed by atoms with Gasteiger partial charge in [-0.15, -0.1) is 0 Å². The summed E-state index contributed by atoms with van der Waals surface area (Å²) in [6.07, 6.45) is 3.52. The molecular formula is C15H20BrN3O. The molecule has 2 heterocycles. The molecule has 2 aromatic heterocycles. The molecule has 2 aromatic rings. The summed E-state index contributed by atoms with van der Waals surface area (Å²) in [5.74, 6) is 1.86. The molecule has 0 spiro atoms. The zero-order valence-corrected chi connectivity index (χ0v) is 13.4. The van der Waals surface area contributed by atoms with E-state index < -0.39 is 0 Å². The lowest BCUT2D eigenvalue weighted by molar-refractivity contribution is 0.202. The van der Waals surface area contributed by atoms with Crippen LogP contribution in [0.4, 0.5) is 5.82 Å². The first-order chi connectivity index (χ1) is 9.74. The first-order valence-electron chi connectivity index (χ1n) is 6.87. The maximum atomic E-state index is 5.58. The lowest BCUT2D eigenvalue weighted by Crippen LogP contribution is -2.33. The minimum absolute atomic E-state index is 0.213. The molecule has 0 saturated carbocycles. The van der Waals surface area contributed by atoms with Crippen LogP contribution in [-0.2, 0) is 0 Å². The highest BCUT2D eigenvalue weighted by atomic mass is 79.9. The average Bonchev–Trinajstić information content (AvgIpc) is 2.99. The van der Waals surface area contributed by atoms with Crippen LogP contribution in [0.25, 0.3) is 0 Å². The van der Waals surface area contributed by atoms with Crippen molar-refractivity contribution in [3.05, 3.63) is 47.0 Å². The lowest BCUT2D eigenvalue weighted by atomic mass is 10.2. The summed E-state index contributed by atoms with van der Waals surface area (Å²) < 4.78 is 6.56. The van der Waals surface area contributed by atoms with Crippen molar-refractivity contribution < 1.29 is 4.42 Å². The predicted molar refractivity (Wildman–Crippen MR) is 84.8 cm³/mol. The normalized spacial score (nSPS) is 12.6. The van der Waals surface area contributed by atoms with Gasteiger partial charge in [0.05, 0.1) is 12.3 Å². The molecule has 0 fully saturated rings. The summed E-state index contributed by atoms with van der Waals surface area (Å²) in [5, 5.41) is 3.38. The van der Waals surface area contributed by atoms with Gasteiger partial charge < -0.3 is 9.73 Å². The average molecular weight is 338 g/mol. The largest absolute Gasteiger partial charge is 0.468 e. The zero-order chi connectivity index (χ0) is 14.4. The molecule has 0 saturated heterocycles. The first kappa shape index (κ1) is 15.1. The van der Waals surface area contributed by atoms with Gasteiger partial charge >= 0.3 is 0 Å². The van der Waals surface area contributed by atoms with E-state index in [1.54, 1.807) is 12.5 Å². The van der Waals surface area contributed by atoms with Gasteiger partial charge in [0, 0.05) is 17.2 Å². The second-order valence-corrected chi connectivity index (χ2v) is 5.41. The van der Waals surface area contributed by atoms with Crippen molar-refractivity contribution in [2.24, 2.45) is 0 Å². The van der Waals surface area contributed by atoms with Crippen molar-refractivity contribution >= 4 is 21.7 Å². The van der Waals surface area contributed by atoms with E-state index in [-0.39, 0.29) is 6.04 Å². The molecule has 0 bridgehead atoms. The van der Waals surface area contributed by atoms with E-state index in [0.29, 0.717) is 0 Å². The van der Waals surface area contributed by atoms with Crippen molar-refractivity contribution in [3.63, 3.8) is 0 Å². The molecule has 0 aromatic carbocycles. The van der Waals surface area contributed by atoms with Crippen LogP contribution in [-0.4, -0.2) is 29.5 Å². The molecule has 0 amide bonds. The fourth-order valence-corrected chi connectivity index (χ4v) is 2.47. The van der Waals surface area contributed by atoms with Gasteiger partial charge in [-0.2, -0.15) is 0 Å². The molecule has 108 valence electrons. The summed E-state index contributed by atoms with van der Waals surface area (Å²) in [4.78, 5) is 6.70. The van der Waals surface area contributed by atoms with Gasteiger partial charge in [-0.1, -0.05) is 13.8 Å². The molecule has 1 N–H and O–H groups in total. The Hall–Kier alpha value is -1.33. The summed E-state index contributed by atoms with van der Waals surface area (Å²) in [6.45, 7) is 7.06. The van der Waals surface area contributed by atoms with Crippen LogP contribution in [0.1, 0.15) is 25.6 Å². The maximum absolute atomic E-state index is 5.58. The second-order valence-electron chi connectivity index (χ2n) is 4.49. The number of halogens is 1. The number of anilines is 1. The Bertz CT molecular complexity index is 494. The van der Waals surface area contributed by atoms with Crippen LogP contribution in [0, 0.1) is 0 Å². The van der Waals surface area contributed by atoms with Gasteiger partial charge in [0.15, 0.2) is 0 Å². The number of pyridine rings is 1. The SMILES string of the molecule is CCN(CC)C(CNc1ccc(Br)cn1)c1ccco1. The van der Waals surface area contributed by atoms with Crippen molar-refractivity contribution in [1.82, 2.24) is 9.88 Å². The van der Waals surface area contributed by atoms with Crippen LogP contribution < -0.4 is 5.32 Å². The molecule has 2 rings (SSSR count). The molecular weight excluding hydrogens is 318 g/mol. The van der Waals surface area contributed by atoms with Gasteiger partial charge in [-0.3, -0.25) is 4.90 Å². The van der Waals surface area contributed by atoms with Crippen LogP contribution in [0.2, 0.25) is 0 Å². The number of rotatable bonds is 7. The Kier molecular flexibility index (Phi) is 5.61. The Labute approximate surface area is 128 Å². The van der Waals surface area contributed by atoms with Crippen LogP contribution in [0.15, 0.2) is 45.6 Å². The van der Waals surface area contributed by atoms with Gasteiger partial charge in [0.25, 0.3) is 0 Å². The molecule has 0 aliphatic carbocycles. The number of hydrogen-bond acceptors (Lipinski definition) is 4. The van der Waals surface area contributed by atoms with Crippen molar-refractivity contribution in [3.8, 4) is 0 Å². The van der Waals surface area contributed by atoms with E-state index in [2.05, 4.69) is 45.0 Å². The van der Waals surface area contributed by atoms with E-state index in [4.69, 9.17) is 4.42 Å². The number of hydrogen-bond donors (Lipinski definition) is 1. The summed E-state index contributed by atoms with van der Waals surface area (Å²) >= 11 is 3.39. The van der Waals surface area contributed by atoms with Crippen molar-refractivity contribution in [2.75, 3.05) is 25.0 Å². The molecule has 1 atom stereocenters. The van der Waals surface area contributed by atoms with E-state index in [0.717, 1.165) is 35.7 Å². The standard InChI is InChI=1S/C15H20BrN3O/c1-3-19(4-2)13(14-6-5-9-20-14)11-18-15-8-7-12(16)10-17-15/h5-10,13H,3-4,11H2,1-2H3,(H,17,18). The lowest BCUT2D eigenvalue weighted by Gasteiger charge is -2.28. The highest BCUT2D eigenvalue weighted by Gasteiger charge is 2.20. The third kappa shape index (κ3) is 3.84. The van der Waals surface area contributed by atoms with E-state index in [1.165, 1.54) is 0 Å². The molecule has 5 heteroatoms. The smallest absolute Gasteiger partial charge is 0.126 e. The Morgan fingerprint density at radius 3 is 2.65 bits per heavy atom. The number of nitrogens with one attached hydrogen (secondary N) is 1. The topological polar surface area (TPSA) is 41.3 Å². The predicted octanol–water partition coefficient (Wildman–Crippen LogP) is 3.93. The van der Waals surface area contributed by atoms with Crippen molar-refractivity contribution in [1.29, 1.82) is 0 Å². The third-order valence-corrected chi connectivity index (χ3v) is 3.80. The zero-order valence-electron chi connectivity index (χ0n) is 11.8. The Morgan fingerprint density at radius 1 is 1.30 bits per heavy atom. The third-order valence-electron chi connectivity index (χ3n) is 3.33. The maximum Gasteiger partial charge on any atom is 0.126 e. The summed E-state index contributed by atoms with van der Waals surface area (Å²) in [6, 6.07) is 8.12. The summed E-state index contributed by atoms with van der Waals surface area (Å²) in [5.41, 5.74) is 0. The minimum atomic E-state index is 0.213. The van der Waals surface area contributed by atoms with Gasteiger partial charge in [-0.05, 0) is 53.3 Å².